The predicted octanol–water partition coefficient (Wildman–Crippen LogP) is 2.12. The summed E-state index contributed by atoms with van der Waals surface area (Å²) in [4.78, 5) is 18.6. The van der Waals surface area contributed by atoms with Gasteiger partial charge in [0.1, 0.15) is 11.0 Å². The standard InChI is InChI=1S/C18H21N3O5S/c22-17(13-5-7-25-9-13)21-10-18(11-21)14(6-8-27(18,23)24)16-19-15(20-26-16)12-3-1-2-4-12/h5,7,9,12,14H,1-4,6,8,10-11H2. The molecule has 0 N–H and O–H groups in total. The highest BCUT2D eigenvalue weighted by Gasteiger charge is 2.64. The number of aromatic nitrogens is 2. The van der Waals surface area contributed by atoms with E-state index >= 15 is 0 Å². The van der Waals surface area contributed by atoms with Gasteiger partial charge in [-0.1, -0.05) is 18.0 Å². The number of sulfone groups is 1. The molecule has 2 saturated heterocycles. The molecule has 3 fully saturated rings. The monoisotopic (exact) mass is 391 g/mol. The maximum atomic E-state index is 12.8. The van der Waals surface area contributed by atoms with E-state index in [1.807, 2.05) is 0 Å². The molecule has 4 heterocycles. The molecule has 1 unspecified atom stereocenters. The van der Waals surface area contributed by atoms with Gasteiger partial charge in [0.15, 0.2) is 15.7 Å². The largest absolute Gasteiger partial charge is 0.472 e. The van der Waals surface area contributed by atoms with Crippen LogP contribution >= 0.6 is 0 Å². The summed E-state index contributed by atoms with van der Waals surface area (Å²) in [6, 6.07) is 1.58. The van der Waals surface area contributed by atoms with Crippen molar-refractivity contribution in [2.45, 2.75) is 48.7 Å². The van der Waals surface area contributed by atoms with Gasteiger partial charge in [0.25, 0.3) is 5.91 Å². The zero-order chi connectivity index (χ0) is 18.6. The van der Waals surface area contributed by atoms with Gasteiger partial charge in [-0.2, -0.15) is 4.98 Å². The summed E-state index contributed by atoms with van der Waals surface area (Å²) in [6.45, 7) is 0.316. The quantitative estimate of drug-likeness (QED) is 0.789. The number of rotatable bonds is 3. The van der Waals surface area contributed by atoms with Crippen LogP contribution < -0.4 is 0 Å². The van der Waals surface area contributed by atoms with E-state index in [1.165, 1.54) is 25.4 Å². The molecule has 144 valence electrons. The van der Waals surface area contributed by atoms with E-state index in [4.69, 9.17) is 8.94 Å². The van der Waals surface area contributed by atoms with Crippen LogP contribution in [0.1, 0.15) is 66.0 Å². The average molecular weight is 391 g/mol. The third-order valence-electron chi connectivity index (χ3n) is 6.38. The molecular weight excluding hydrogens is 370 g/mol. The molecule has 0 bridgehead atoms. The van der Waals surface area contributed by atoms with Gasteiger partial charge in [-0.3, -0.25) is 4.79 Å². The minimum atomic E-state index is -3.34. The highest BCUT2D eigenvalue weighted by Crippen LogP contribution is 2.50. The Morgan fingerprint density at radius 2 is 2.00 bits per heavy atom. The summed E-state index contributed by atoms with van der Waals surface area (Å²) in [5, 5.41) is 4.14. The number of carbonyl (C=O) groups excluding carboxylic acids is 1. The maximum Gasteiger partial charge on any atom is 0.257 e. The lowest BCUT2D eigenvalue weighted by atomic mass is 9.82. The van der Waals surface area contributed by atoms with E-state index < -0.39 is 14.6 Å². The molecule has 1 aliphatic carbocycles. The zero-order valence-electron chi connectivity index (χ0n) is 14.8. The fourth-order valence-electron chi connectivity index (χ4n) is 4.77. The van der Waals surface area contributed by atoms with Crippen molar-refractivity contribution in [3.05, 3.63) is 35.9 Å². The van der Waals surface area contributed by atoms with Crippen LogP contribution in [0.15, 0.2) is 27.5 Å². The Hall–Kier alpha value is -2.16. The Morgan fingerprint density at radius 3 is 2.70 bits per heavy atom. The second-order valence-corrected chi connectivity index (χ2v) is 10.3. The van der Waals surface area contributed by atoms with Gasteiger partial charge in [0, 0.05) is 19.0 Å². The van der Waals surface area contributed by atoms with Gasteiger partial charge < -0.3 is 13.8 Å². The number of likely N-dealkylation sites (tertiary alicyclic amines) is 1. The molecule has 3 aliphatic rings. The van der Waals surface area contributed by atoms with Crippen LogP contribution in [-0.4, -0.2) is 53.0 Å². The minimum absolute atomic E-state index is 0.0898. The van der Waals surface area contributed by atoms with Crippen LogP contribution in [0.2, 0.25) is 0 Å². The second kappa shape index (κ2) is 5.92. The molecule has 27 heavy (non-hydrogen) atoms. The molecule has 1 spiro atoms. The van der Waals surface area contributed by atoms with Crippen molar-refractivity contribution in [1.29, 1.82) is 0 Å². The van der Waals surface area contributed by atoms with Gasteiger partial charge in [-0.05, 0) is 25.3 Å². The molecule has 8 nitrogen and oxygen atoms in total. The van der Waals surface area contributed by atoms with Crippen LogP contribution in [0.25, 0.3) is 0 Å². The van der Waals surface area contributed by atoms with E-state index in [2.05, 4.69) is 10.1 Å². The number of nitrogens with zero attached hydrogens (tertiary/aromatic N) is 3. The highest BCUT2D eigenvalue weighted by atomic mass is 32.2. The highest BCUT2D eigenvalue weighted by molar-refractivity contribution is 7.93. The second-order valence-electron chi connectivity index (χ2n) is 7.87. The van der Waals surface area contributed by atoms with Crippen molar-refractivity contribution < 1.29 is 22.2 Å². The first-order chi connectivity index (χ1) is 13.0. The van der Waals surface area contributed by atoms with E-state index in [-0.39, 0.29) is 30.7 Å². The topological polar surface area (TPSA) is 107 Å². The molecule has 1 saturated carbocycles. The summed E-state index contributed by atoms with van der Waals surface area (Å²) in [6.07, 6.45) is 7.71. The van der Waals surface area contributed by atoms with Gasteiger partial charge in [0.05, 0.1) is 23.5 Å². The van der Waals surface area contributed by atoms with E-state index in [1.54, 1.807) is 11.0 Å². The number of hydrogen-bond acceptors (Lipinski definition) is 7. The number of carbonyl (C=O) groups is 1. The number of amides is 1. The Kier molecular flexibility index (Phi) is 3.72. The first kappa shape index (κ1) is 17.0. The van der Waals surface area contributed by atoms with Gasteiger partial charge >= 0.3 is 0 Å². The Labute approximate surface area is 156 Å². The number of hydrogen-bond donors (Lipinski definition) is 0. The lowest BCUT2D eigenvalue weighted by Crippen LogP contribution is -2.67. The fraction of sp³-hybridized carbons (Fsp3) is 0.611. The predicted molar refractivity (Wildman–Crippen MR) is 94.0 cm³/mol. The first-order valence-corrected chi connectivity index (χ1v) is 11.0. The normalized spacial score (nSPS) is 26.5. The molecule has 2 aliphatic heterocycles. The van der Waals surface area contributed by atoms with Gasteiger partial charge in [-0.25, -0.2) is 8.42 Å². The van der Waals surface area contributed by atoms with Crippen molar-refractivity contribution in [2.24, 2.45) is 0 Å². The van der Waals surface area contributed by atoms with E-state index in [9.17, 15) is 13.2 Å². The van der Waals surface area contributed by atoms with Crippen molar-refractivity contribution in [2.75, 3.05) is 18.8 Å². The molecule has 1 atom stereocenters. The first-order valence-electron chi connectivity index (χ1n) is 9.37. The van der Waals surface area contributed by atoms with Crippen LogP contribution in [0.4, 0.5) is 0 Å². The van der Waals surface area contributed by atoms with Crippen LogP contribution in [-0.2, 0) is 9.84 Å². The Bertz CT molecular complexity index is 953. The lowest BCUT2D eigenvalue weighted by molar-refractivity contribution is 0.0503. The Morgan fingerprint density at radius 1 is 1.22 bits per heavy atom. The number of furan rings is 1. The van der Waals surface area contributed by atoms with Crippen molar-refractivity contribution in [3.63, 3.8) is 0 Å². The zero-order valence-corrected chi connectivity index (χ0v) is 15.7. The molecule has 0 radical (unpaired) electrons. The van der Waals surface area contributed by atoms with Crippen LogP contribution in [0.3, 0.4) is 0 Å². The van der Waals surface area contributed by atoms with Crippen molar-refractivity contribution >= 4 is 15.7 Å². The van der Waals surface area contributed by atoms with Crippen molar-refractivity contribution in [3.8, 4) is 0 Å². The Balaban J connectivity index is 1.40. The molecule has 2 aromatic heterocycles. The fourth-order valence-corrected chi connectivity index (χ4v) is 7.08. The van der Waals surface area contributed by atoms with E-state index in [0.29, 0.717) is 29.6 Å². The molecule has 5 rings (SSSR count). The smallest absolute Gasteiger partial charge is 0.257 e. The summed E-state index contributed by atoms with van der Waals surface area (Å²) in [7, 11) is -3.34. The van der Waals surface area contributed by atoms with Crippen molar-refractivity contribution in [1.82, 2.24) is 15.0 Å². The summed E-state index contributed by atoms with van der Waals surface area (Å²) in [5.74, 6) is 0.955. The maximum absolute atomic E-state index is 12.8. The van der Waals surface area contributed by atoms with Crippen LogP contribution in [0, 0.1) is 0 Å². The van der Waals surface area contributed by atoms with Gasteiger partial charge in [0.2, 0.25) is 5.89 Å². The molecular formula is C18H21N3O5S. The third kappa shape index (κ3) is 2.47. The molecule has 9 heteroatoms. The van der Waals surface area contributed by atoms with E-state index in [0.717, 1.165) is 12.8 Å². The molecule has 1 amide bonds. The lowest BCUT2D eigenvalue weighted by Gasteiger charge is -2.48. The van der Waals surface area contributed by atoms with Crippen LogP contribution in [0.5, 0.6) is 0 Å². The summed E-state index contributed by atoms with van der Waals surface area (Å²) >= 11 is 0. The molecule has 0 aromatic carbocycles. The third-order valence-corrected chi connectivity index (χ3v) is 8.93. The summed E-state index contributed by atoms with van der Waals surface area (Å²) < 4.78 is 35.1. The summed E-state index contributed by atoms with van der Waals surface area (Å²) in [5.41, 5.74) is 0.429. The average Bonchev–Trinajstić information content (AvgIpc) is 3.37. The molecule has 2 aromatic rings. The van der Waals surface area contributed by atoms with Gasteiger partial charge in [-0.15, -0.1) is 0 Å². The minimum Gasteiger partial charge on any atom is -0.472 e. The SMILES string of the molecule is O=C(c1ccoc1)N1CC2(C1)C(c1nc(C3CCCC3)no1)CCS2(=O)=O.